The standard InChI is InChI=1S/C18H27NO2/c1-14-6-5-7-15(2)18(14)21-13-17(20)12-19-11-10-16-8-3-4-9-16/h5-8,17,19-20H,3-4,9-13H2,1-2H3. The van der Waals surface area contributed by atoms with Crippen LogP contribution < -0.4 is 10.1 Å². The number of allylic oxidation sites excluding steroid dienone is 1. The lowest BCUT2D eigenvalue weighted by molar-refractivity contribution is 0.106. The van der Waals surface area contributed by atoms with Crippen LogP contribution in [0.25, 0.3) is 0 Å². The molecule has 3 nitrogen and oxygen atoms in total. The number of aryl methyl sites for hydroxylation is 2. The average Bonchev–Trinajstić information content (AvgIpc) is 2.96. The fourth-order valence-electron chi connectivity index (χ4n) is 2.75. The highest BCUT2D eigenvalue weighted by Crippen LogP contribution is 2.22. The predicted molar refractivity (Wildman–Crippen MR) is 86.8 cm³/mol. The van der Waals surface area contributed by atoms with Crippen LogP contribution in [-0.2, 0) is 0 Å². The zero-order valence-corrected chi connectivity index (χ0v) is 13.2. The van der Waals surface area contributed by atoms with Crippen molar-refractivity contribution in [3.05, 3.63) is 41.0 Å². The first-order valence-corrected chi connectivity index (χ1v) is 7.92. The molecule has 0 bridgehead atoms. The molecule has 0 amide bonds. The summed E-state index contributed by atoms with van der Waals surface area (Å²) in [7, 11) is 0. The Kier molecular flexibility index (Phi) is 6.27. The summed E-state index contributed by atoms with van der Waals surface area (Å²) < 4.78 is 5.76. The van der Waals surface area contributed by atoms with E-state index in [1.807, 2.05) is 32.0 Å². The molecule has 0 heterocycles. The Labute approximate surface area is 128 Å². The highest BCUT2D eigenvalue weighted by Gasteiger charge is 2.09. The van der Waals surface area contributed by atoms with Crippen LogP contribution in [0, 0.1) is 13.8 Å². The Bertz CT molecular complexity index is 462. The predicted octanol–water partition coefficient (Wildman–Crippen LogP) is 3.13. The quantitative estimate of drug-likeness (QED) is 0.570. The Morgan fingerprint density at radius 3 is 2.71 bits per heavy atom. The van der Waals surface area contributed by atoms with E-state index in [1.165, 1.54) is 19.3 Å². The van der Waals surface area contributed by atoms with Crippen molar-refractivity contribution in [2.45, 2.75) is 45.6 Å². The zero-order chi connectivity index (χ0) is 15.1. The topological polar surface area (TPSA) is 41.5 Å². The molecule has 1 unspecified atom stereocenters. The summed E-state index contributed by atoms with van der Waals surface area (Å²) in [5.74, 6) is 0.896. The normalized spacial score (nSPS) is 15.9. The van der Waals surface area contributed by atoms with E-state index in [0.29, 0.717) is 13.2 Å². The highest BCUT2D eigenvalue weighted by atomic mass is 16.5. The molecule has 1 aromatic carbocycles. The molecule has 0 spiro atoms. The van der Waals surface area contributed by atoms with E-state index in [4.69, 9.17) is 4.74 Å². The van der Waals surface area contributed by atoms with Gasteiger partial charge in [0.15, 0.2) is 0 Å². The summed E-state index contributed by atoms with van der Waals surface area (Å²) in [5, 5.41) is 13.3. The molecule has 2 N–H and O–H groups in total. The van der Waals surface area contributed by atoms with Gasteiger partial charge in [0, 0.05) is 6.54 Å². The van der Waals surface area contributed by atoms with E-state index >= 15 is 0 Å². The van der Waals surface area contributed by atoms with Crippen LogP contribution in [0.3, 0.4) is 0 Å². The van der Waals surface area contributed by atoms with E-state index in [2.05, 4.69) is 11.4 Å². The summed E-state index contributed by atoms with van der Waals surface area (Å²) in [4.78, 5) is 0. The van der Waals surface area contributed by atoms with Crippen LogP contribution in [0.2, 0.25) is 0 Å². The van der Waals surface area contributed by atoms with E-state index in [-0.39, 0.29) is 0 Å². The molecule has 0 aliphatic heterocycles. The van der Waals surface area contributed by atoms with Gasteiger partial charge in [-0.1, -0.05) is 29.8 Å². The molecule has 1 aliphatic carbocycles. The molecule has 3 heteroatoms. The Morgan fingerprint density at radius 2 is 2.05 bits per heavy atom. The van der Waals surface area contributed by atoms with Gasteiger partial charge in [0.1, 0.15) is 18.5 Å². The average molecular weight is 289 g/mol. The number of hydrogen-bond acceptors (Lipinski definition) is 3. The second kappa shape index (κ2) is 8.20. The number of benzene rings is 1. The second-order valence-corrected chi connectivity index (χ2v) is 5.89. The van der Waals surface area contributed by atoms with Gasteiger partial charge in [-0.2, -0.15) is 0 Å². The first-order chi connectivity index (χ1) is 10.2. The molecule has 1 aromatic rings. The van der Waals surface area contributed by atoms with Crippen LogP contribution in [0.4, 0.5) is 0 Å². The van der Waals surface area contributed by atoms with Crippen molar-refractivity contribution in [1.82, 2.24) is 5.32 Å². The molecule has 116 valence electrons. The third-order valence-corrected chi connectivity index (χ3v) is 3.97. The minimum absolute atomic E-state index is 0.335. The van der Waals surface area contributed by atoms with Crippen molar-refractivity contribution in [2.24, 2.45) is 0 Å². The van der Waals surface area contributed by atoms with Gasteiger partial charge in [-0.15, -0.1) is 0 Å². The summed E-state index contributed by atoms with van der Waals surface area (Å²) in [6.07, 6.45) is 6.77. The Morgan fingerprint density at radius 1 is 1.29 bits per heavy atom. The molecule has 21 heavy (non-hydrogen) atoms. The first-order valence-electron chi connectivity index (χ1n) is 7.92. The van der Waals surface area contributed by atoms with Crippen molar-refractivity contribution >= 4 is 0 Å². The van der Waals surface area contributed by atoms with Crippen LogP contribution >= 0.6 is 0 Å². The maximum Gasteiger partial charge on any atom is 0.125 e. The van der Waals surface area contributed by atoms with Crippen molar-refractivity contribution in [3.8, 4) is 5.75 Å². The second-order valence-electron chi connectivity index (χ2n) is 5.89. The molecule has 0 saturated heterocycles. The zero-order valence-electron chi connectivity index (χ0n) is 13.2. The van der Waals surface area contributed by atoms with Gasteiger partial charge in [-0.3, -0.25) is 0 Å². The van der Waals surface area contributed by atoms with Crippen molar-refractivity contribution < 1.29 is 9.84 Å². The fourth-order valence-corrected chi connectivity index (χ4v) is 2.75. The number of nitrogens with one attached hydrogen (secondary N) is 1. The summed E-state index contributed by atoms with van der Waals surface area (Å²) in [6, 6.07) is 6.08. The number of aliphatic hydroxyl groups is 1. The first kappa shape index (κ1) is 16.1. The van der Waals surface area contributed by atoms with Crippen molar-refractivity contribution in [2.75, 3.05) is 19.7 Å². The van der Waals surface area contributed by atoms with Crippen LogP contribution in [-0.4, -0.2) is 30.9 Å². The molecule has 0 saturated carbocycles. The minimum atomic E-state index is -0.471. The summed E-state index contributed by atoms with van der Waals surface area (Å²) in [6.45, 7) is 5.91. The molecular formula is C18H27NO2. The molecule has 0 fully saturated rings. The molecule has 0 radical (unpaired) electrons. The third kappa shape index (κ3) is 5.18. The summed E-state index contributed by atoms with van der Waals surface area (Å²) in [5.41, 5.74) is 3.79. The molecule has 1 aliphatic rings. The fraction of sp³-hybridized carbons (Fsp3) is 0.556. The lowest BCUT2D eigenvalue weighted by Gasteiger charge is -2.16. The highest BCUT2D eigenvalue weighted by molar-refractivity contribution is 5.39. The van der Waals surface area contributed by atoms with Crippen molar-refractivity contribution in [1.29, 1.82) is 0 Å². The monoisotopic (exact) mass is 289 g/mol. The Balaban J connectivity index is 1.64. The van der Waals surface area contributed by atoms with Crippen LogP contribution in [0.15, 0.2) is 29.8 Å². The van der Waals surface area contributed by atoms with Gasteiger partial charge >= 0.3 is 0 Å². The van der Waals surface area contributed by atoms with Gasteiger partial charge < -0.3 is 15.2 Å². The molecule has 1 atom stereocenters. The SMILES string of the molecule is Cc1cccc(C)c1OCC(O)CNCCC1=CCCC1. The molecule has 2 rings (SSSR count). The van der Waals surface area contributed by atoms with Gasteiger partial charge in [0.05, 0.1) is 0 Å². The lowest BCUT2D eigenvalue weighted by atomic mass is 10.1. The van der Waals surface area contributed by atoms with E-state index in [0.717, 1.165) is 29.8 Å². The van der Waals surface area contributed by atoms with Gasteiger partial charge in [-0.05, 0) is 57.2 Å². The van der Waals surface area contributed by atoms with Crippen molar-refractivity contribution in [3.63, 3.8) is 0 Å². The molecule has 0 aromatic heterocycles. The van der Waals surface area contributed by atoms with Gasteiger partial charge in [-0.25, -0.2) is 0 Å². The van der Waals surface area contributed by atoms with E-state index < -0.39 is 6.10 Å². The van der Waals surface area contributed by atoms with Crippen LogP contribution in [0.5, 0.6) is 5.75 Å². The lowest BCUT2D eigenvalue weighted by Crippen LogP contribution is -2.32. The van der Waals surface area contributed by atoms with Gasteiger partial charge in [0.2, 0.25) is 0 Å². The van der Waals surface area contributed by atoms with E-state index in [1.54, 1.807) is 5.57 Å². The number of rotatable bonds is 8. The smallest absolute Gasteiger partial charge is 0.125 e. The number of aliphatic hydroxyl groups excluding tert-OH is 1. The maximum atomic E-state index is 9.98. The number of ether oxygens (including phenoxy) is 1. The molecular weight excluding hydrogens is 262 g/mol. The summed E-state index contributed by atoms with van der Waals surface area (Å²) >= 11 is 0. The number of hydrogen-bond donors (Lipinski definition) is 2. The number of para-hydroxylation sites is 1. The Hall–Kier alpha value is -1.32. The van der Waals surface area contributed by atoms with Gasteiger partial charge in [0.25, 0.3) is 0 Å². The van der Waals surface area contributed by atoms with E-state index in [9.17, 15) is 5.11 Å². The maximum absolute atomic E-state index is 9.98. The third-order valence-electron chi connectivity index (χ3n) is 3.97. The largest absolute Gasteiger partial charge is 0.490 e. The van der Waals surface area contributed by atoms with Crippen LogP contribution in [0.1, 0.15) is 36.8 Å². The minimum Gasteiger partial charge on any atom is -0.490 e.